The summed E-state index contributed by atoms with van der Waals surface area (Å²) in [6, 6.07) is 10.6. The van der Waals surface area contributed by atoms with Crippen LogP contribution in [0.1, 0.15) is 5.69 Å². The highest BCUT2D eigenvalue weighted by molar-refractivity contribution is 7.84. The normalized spacial score (nSPS) is 12.3. The molecule has 0 saturated carbocycles. The third kappa shape index (κ3) is 2.84. The summed E-state index contributed by atoms with van der Waals surface area (Å²) in [5.41, 5.74) is 6.98. The van der Waals surface area contributed by atoms with Crippen LogP contribution < -0.4 is 5.73 Å². The first-order valence-corrected chi connectivity index (χ1v) is 6.70. The highest BCUT2D eigenvalue weighted by atomic mass is 35.5. The molecule has 0 amide bonds. The molecule has 0 radical (unpaired) electrons. The molecule has 1 atom stereocenters. The highest BCUT2D eigenvalue weighted by Crippen LogP contribution is 2.26. The Morgan fingerprint density at radius 3 is 2.71 bits per heavy atom. The standard InChI is InChI=1S/C12H11ClN2OS/c13-10-5-3-6-11(14)12(10)17(16)8-9-4-1-2-7-15-9/h1-7H,8,14H2. The molecule has 1 unspecified atom stereocenters. The molecular weight excluding hydrogens is 256 g/mol. The van der Waals surface area contributed by atoms with E-state index in [9.17, 15) is 4.21 Å². The number of halogens is 1. The summed E-state index contributed by atoms with van der Waals surface area (Å²) in [5.74, 6) is 0.314. The summed E-state index contributed by atoms with van der Waals surface area (Å²) < 4.78 is 12.2. The van der Waals surface area contributed by atoms with Crippen molar-refractivity contribution in [2.24, 2.45) is 0 Å². The lowest BCUT2D eigenvalue weighted by atomic mass is 10.3. The van der Waals surface area contributed by atoms with Crippen LogP contribution in [0.25, 0.3) is 0 Å². The lowest BCUT2D eigenvalue weighted by Crippen LogP contribution is -2.02. The Morgan fingerprint density at radius 2 is 2.06 bits per heavy atom. The zero-order chi connectivity index (χ0) is 12.3. The van der Waals surface area contributed by atoms with Crippen LogP contribution in [0.5, 0.6) is 0 Å². The van der Waals surface area contributed by atoms with Gasteiger partial charge in [0.1, 0.15) is 0 Å². The van der Waals surface area contributed by atoms with Gasteiger partial charge in [0.25, 0.3) is 0 Å². The van der Waals surface area contributed by atoms with Gasteiger partial charge in [-0.1, -0.05) is 23.7 Å². The smallest absolute Gasteiger partial charge is 0.0807 e. The van der Waals surface area contributed by atoms with Crippen LogP contribution in [-0.4, -0.2) is 9.19 Å². The molecule has 0 bridgehead atoms. The fraction of sp³-hybridized carbons (Fsp3) is 0.0833. The number of pyridine rings is 1. The van der Waals surface area contributed by atoms with E-state index in [1.54, 1.807) is 24.4 Å². The van der Waals surface area contributed by atoms with Crippen molar-refractivity contribution < 1.29 is 4.21 Å². The first kappa shape index (κ1) is 12.1. The topological polar surface area (TPSA) is 56.0 Å². The predicted molar refractivity (Wildman–Crippen MR) is 70.2 cm³/mol. The van der Waals surface area contributed by atoms with Crippen LogP contribution in [0, 0.1) is 0 Å². The largest absolute Gasteiger partial charge is 0.398 e. The van der Waals surface area contributed by atoms with Crippen LogP contribution in [0.15, 0.2) is 47.5 Å². The number of nitrogens with two attached hydrogens (primary N) is 1. The van der Waals surface area contributed by atoms with Gasteiger partial charge in [-0.2, -0.15) is 0 Å². The first-order valence-electron chi connectivity index (χ1n) is 5.01. The molecule has 1 aromatic heterocycles. The van der Waals surface area contributed by atoms with E-state index in [4.69, 9.17) is 17.3 Å². The monoisotopic (exact) mass is 266 g/mol. The summed E-state index contributed by atoms with van der Waals surface area (Å²) in [7, 11) is -1.28. The van der Waals surface area contributed by atoms with Gasteiger partial charge in [0.15, 0.2) is 0 Å². The summed E-state index contributed by atoms with van der Waals surface area (Å²) in [6.07, 6.45) is 1.67. The Bertz CT molecular complexity index is 525. The summed E-state index contributed by atoms with van der Waals surface area (Å²) >= 11 is 6.00. The average Bonchev–Trinajstić information content (AvgIpc) is 2.30. The van der Waals surface area contributed by atoms with Gasteiger partial charge in [-0.25, -0.2) is 0 Å². The van der Waals surface area contributed by atoms with Crippen LogP contribution in [-0.2, 0) is 16.6 Å². The molecule has 0 aliphatic heterocycles. The van der Waals surface area contributed by atoms with Crippen molar-refractivity contribution >= 4 is 28.1 Å². The van der Waals surface area contributed by atoms with Gasteiger partial charge in [0, 0.05) is 11.9 Å². The maximum absolute atomic E-state index is 12.2. The number of nitrogens with zero attached hydrogens (tertiary/aromatic N) is 1. The van der Waals surface area contributed by atoms with Gasteiger partial charge in [-0.05, 0) is 24.3 Å². The van der Waals surface area contributed by atoms with E-state index in [2.05, 4.69) is 4.98 Å². The maximum Gasteiger partial charge on any atom is 0.0807 e. The Balaban J connectivity index is 2.27. The van der Waals surface area contributed by atoms with E-state index < -0.39 is 10.8 Å². The SMILES string of the molecule is Nc1cccc(Cl)c1S(=O)Cc1ccccn1. The molecule has 0 fully saturated rings. The van der Waals surface area contributed by atoms with Gasteiger partial charge in [0.2, 0.25) is 0 Å². The number of hydrogen-bond donors (Lipinski definition) is 1. The molecule has 2 N–H and O–H groups in total. The number of nitrogen functional groups attached to an aromatic ring is 1. The Labute approximate surface area is 107 Å². The molecular formula is C12H11ClN2OS. The van der Waals surface area contributed by atoms with Gasteiger partial charge in [-0.3, -0.25) is 9.19 Å². The molecule has 1 aromatic carbocycles. The highest BCUT2D eigenvalue weighted by Gasteiger charge is 2.13. The van der Waals surface area contributed by atoms with Crippen molar-refractivity contribution in [1.29, 1.82) is 0 Å². The minimum atomic E-state index is -1.28. The predicted octanol–water partition coefficient (Wildman–Crippen LogP) is 2.63. The summed E-state index contributed by atoms with van der Waals surface area (Å²) in [4.78, 5) is 4.61. The fourth-order valence-corrected chi connectivity index (χ4v) is 3.10. The van der Waals surface area contributed by atoms with E-state index in [-0.39, 0.29) is 0 Å². The first-order chi connectivity index (χ1) is 8.18. The summed E-state index contributed by atoms with van der Waals surface area (Å²) in [6.45, 7) is 0. The second-order valence-corrected chi connectivity index (χ2v) is 5.26. The molecule has 5 heteroatoms. The molecule has 17 heavy (non-hydrogen) atoms. The lowest BCUT2D eigenvalue weighted by Gasteiger charge is -2.07. The maximum atomic E-state index is 12.2. The average molecular weight is 267 g/mol. The van der Waals surface area contributed by atoms with E-state index in [1.165, 1.54) is 0 Å². The molecule has 0 spiro atoms. The van der Waals surface area contributed by atoms with Crippen molar-refractivity contribution in [2.75, 3.05) is 5.73 Å². The molecule has 0 aliphatic carbocycles. The minimum Gasteiger partial charge on any atom is -0.398 e. The fourth-order valence-electron chi connectivity index (χ4n) is 1.46. The number of aromatic nitrogens is 1. The van der Waals surface area contributed by atoms with Crippen LogP contribution in [0.2, 0.25) is 5.02 Å². The van der Waals surface area contributed by atoms with E-state index in [1.807, 2.05) is 18.2 Å². The Hall–Kier alpha value is -1.39. The second kappa shape index (κ2) is 5.29. The third-order valence-electron chi connectivity index (χ3n) is 2.23. The van der Waals surface area contributed by atoms with E-state index in [0.717, 1.165) is 5.69 Å². The van der Waals surface area contributed by atoms with Gasteiger partial charge in [0.05, 0.1) is 32.2 Å². The van der Waals surface area contributed by atoms with Crippen molar-refractivity contribution in [2.45, 2.75) is 10.6 Å². The number of benzene rings is 1. The molecule has 2 aromatic rings. The zero-order valence-electron chi connectivity index (χ0n) is 8.97. The summed E-state index contributed by atoms with van der Waals surface area (Å²) in [5, 5.41) is 0.430. The van der Waals surface area contributed by atoms with E-state index in [0.29, 0.717) is 21.4 Å². The molecule has 1 heterocycles. The van der Waals surface area contributed by atoms with Crippen LogP contribution >= 0.6 is 11.6 Å². The quantitative estimate of drug-likeness (QED) is 0.869. The van der Waals surface area contributed by atoms with Gasteiger partial charge >= 0.3 is 0 Å². The molecule has 2 rings (SSSR count). The number of anilines is 1. The Kier molecular flexibility index (Phi) is 3.76. The number of hydrogen-bond acceptors (Lipinski definition) is 3. The van der Waals surface area contributed by atoms with Gasteiger partial charge in [-0.15, -0.1) is 0 Å². The van der Waals surface area contributed by atoms with Gasteiger partial charge < -0.3 is 5.73 Å². The van der Waals surface area contributed by atoms with Crippen molar-refractivity contribution in [1.82, 2.24) is 4.98 Å². The van der Waals surface area contributed by atoms with Crippen molar-refractivity contribution in [3.8, 4) is 0 Å². The molecule has 0 saturated heterocycles. The van der Waals surface area contributed by atoms with Crippen molar-refractivity contribution in [3.63, 3.8) is 0 Å². The third-order valence-corrected chi connectivity index (χ3v) is 4.13. The van der Waals surface area contributed by atoms with Crippen LogP contribution in [0.4, 0.5) is 5.69 Å². The van der Waals surface area contributed by atoms with Crippen molar-refractivity contribution in [3.05, 3.63) is 53.3 Å². The van der Waals surface area contributed by atoms with Crippen LogP contribution in [0.3, 0.4) is 0 Å². The number of rotatable bonds is 3. The molecule has 0 aliphatic rings. The van der Waals surface area contributed by atoms with E-state index >= 15 is 0 Å². The zero-order valence-corrected chi connectivity index (χ0v) is 10.5. The second-order valence-electron chi connectivity index (χ2n) is 3.47. The lowest BCUT2D eigenvalue weighted by molar-refractivity contribution is 0.682. The Morgan fingerprint density at radius 1 is 1.24 bits per heavy atom. The molecule has 88 valence electrons. The minimum absolute atomic E-state index is 0.314. The molecule has 3 nitrogen and oxygen atoms in total.